The van der Waals surface area contributed by atoms with E-state index < -0.39 is 0 Å². The number of nitrogens with one attached hydrogen (secondary N) is 1. The molecule has 0 aliphatic carbocycles. The second-order valence-corrected chi connectivity index (χ2v) is 7.64. The van der Waals surface area contributed by atoms with Crippen LogP contribution >= 0.6 is 23.5 Å². The summed E-state index contributed by atoms with van der Waals surface area (Å²) in [5, 5.41) is 11.1. The van der Waals surface area contributed by atoms with Crippen molar-refractivity contribution in [3.05, 3.63) is 36.2 Å². The van der Waals surface area contributed by atoms with E-state index in [1.807, 2.05) is 36.6 Å². The summed E-state index contributed by atoms with van der Waals surface area (Å²) in [6.45, 7) is 2.05. The van der Waals surface area contributed by atoms with Gasteiger partial charge in [-0.2, -0.15) is 11.8 Å². The Morgan fingerprint density at radius 2 is 1.81 bits per heavy atom. The standard InChI is InChI=1S/C17H21N5O3S2/c1-26-11-14-19-20-17(25-14)27-12-15(23)21-7-9-22(10-8-21)16(24)18-13-5-3-2-4-6-13/h2-6H,7-12H2,1H3,(H,18,24). The van der Waals surface area contributed by atoms with Gasteiger partial charge < -0.3 is 19.5 Å². The van der Waals surface area contributed by atoms with Gasteiger partial charge in [0.05, 0.1) is 11.5 Å². The number of thioether (sulfide) groups is 2. The van der Waals surface area contributed by atoms with Crippen LogP contribution in [0.4, 0.5) is 10.5 Å². The molecule has 0 atom stereocenters. The fraction of sp³-hybridized carbons (Fsp3) is 0.412. The smallest absolute Gasteiger partial charge is 0.321 e. The van der Waals surface area contributed by atoms with Crippen molar-refractivity contribution in [1.29, 1.82) is 0 Å². The molecule has 0 saturated carbocycles. The molecule has 3 rings (SSSR count). The van der Waals surface area contributed by atoms with Gasteiger partial charge in [0, 0.05) is 31.9 Å². The molecule has 3 amide bonds. The molecule has 1 aromatic carbocycles. The van der Waals surface area contributed by atoms with E-state index in [1.165, 1.54) is 11.8 Å². The lowest BCUT2D eigenvalue weighted by atomic mass is 10.3. The maximum absolute atomic E-state index is 12.4. The Hall–Kier alpha value is -2.20. The van der Waals surface area contributed by atoms with Crippen LogP contribution in [-0.2, 0) is 10.5 Å². The first-order valence-corrected chi connectivity index (χ1v) is 10.9. The molecule has 1 aliphatic rings. The Kier molecular flexibility index (Phi) is 6.99. The Labute approximate surface area is 166 Å². The number of hydrogen-bond acceptors (Lipinski definition) is 7. The number of aromatic nitrogens is 2. The lowest BCUT2D eigenvalue weighted by Crippen LogP contribution is -2.52. The molecule has 1 N–H and O–H groups in total. The third kappa shape index (κ3) is 5.64. The van der Waals surface area contributed by atoms with Gasteiger partial charge in [0.2, 0.25) is 11.8 Å². The fourth-order valence-corrected chi connectivity index (χ4v) is 3.62. The lowest BCUT2D eigenvalue weighted by Gasteiger charge is -2.34. The zero-order chi connectivity index (χ0) is 19.1. The summed E-state index contributed by atoms with van der Waals surface area (Å²) in [7, 11) is 0. The van der Waals surface area contributed by atoms with Crippen LogP contribution < -0.4 is 5.32 Å². The molecule has 0 unspecified atom stereocenters. The van der Waals surface area contributed by atoms with Crippen LogP contribution in [0, 0.1) is 0 Å². The number of carbonyl (C=O) groups excluding carboxylic acids is 2. The fourth-order valence-electron chi connectivity index (χ4n) is 2.58. The topological polar surface area (TPSA) is 91.6 Å². The molecule has 144 valence electrons. The summed E-state index contributed by atoms with van der Waals surface area (Å²) in [5.41, 5.74) is 0.762. The number of piperazine rings is 1. The third-order valence-corrected chi connectivity index (χ3v) is 5.32. The Morgan fingerprint density at radius 1 is 1.11 bits per heavy atom. The first-order valence-electron chi connectivity index (χ1n) is 8.48. The number of benzene rings is 1. The molecule has 10 heteroatoms. The number of rotatable bonds is 6. The van der Waals surface area contributed by atoms with Gasteiger partial charge in [-0.1, -0.05) is 30.0 Å². The number of hydrogen-bond donors (Lipinski definition) is 1. The van der Waals surface area contributed by atoms with Gasteiger partial charge in [0.1, 0.15) is 0 Å². The Bertz CT molecular complexity index is 763. The minimum Gasteiger partial charge on any atom is -0.415 e. The molecular weight excluding hydrogens is 386 g/mol. The van der Waals surface area contributed by atoms with E-state index in [4.69, 9.17) is 4.42 Å². The maximum atomic E-state index is 12.4. The minimum absolute atomic E-state index is 0.00716. The second kappa shape index (κ2) is 9.65. The summed E-state index contributed by atoms with van der Waals surface area (Å²) in [5.74, 6) is 1.48. The number of anilines is 1. The van der Waals surface area contributed by atoms with Gasteiger partial charge in [-0.05, 0) is 18.4 Å². The van der Waals surface area contributed by atoms with Crippen molar-refractivity contribution in [3.8, 4) is 0 Å². The van der Waals surface area contributed by atoms with Crippen molar-refractivity contribution in [2.24, 2.45) is 0 Å². The van der Waals surface area contributed by atoms with Crippen LogP contribution in [0.5, 0.6) is 0 Å². The van der Waals surface area contributed by atoms with Crippen molar-refractivity contribution >= 4 is 41.1 Å². The predicted molar refractivity (Wildman–Crippen MR) is 106 cm³/mol. The van der Waals surface area contributed by atoms with Crippen molar-refractivity contribution < 1.29 is 14.0 Å². The minimum atomic E-state index is -0.144. The molecule has 0 radical (unpaired) electrons. The van der Waals surface area contributed by atoms with Gasteiger partial charge in [0.15, 0.2) is 0 Å². The van der Waals surface area contributed by atoms with Gasteiger partial charge >= 0.3 is 6.03 Å². The zero-order valence-electron chi connectivity index (χ0n) is 15.0. The summed E-state index contributed by atoms with van der Waals surface area (Å²) in [4.78, 5) is 28.1. The number of amides is 3. The van der Waals surface area contributed by atoms with Crippen molar-refractivity contribution in [3.63, 3.8) is 0 Å². The van der Waals surface area contributed by atoms with E-state index in [0.29, 0.717) is 43.0 Å². The normalized spacial score (nSPS) is 14.3. The van der Waals surface area contributed by atoms with Crippen molar-refractivity contribution in [1.82, 2.24) is 20.0 Å². The lowest BCUT2D eigenvalue weighted by molar-refractivity contribution is -0.129. The molecule has 1 saturated heterocycles. The monoisotopic (exact) mass is 407 g/mol. The highest BCUT2D eigenvalue weighted by atomic mass is 32.2. The van der Waals surface area contributed by atoms with Gasteiger partial charge in [-0.25, -0.2) is 4.79 Å². The molecule has 1 aliphatic heterocycles. The molecule has 1 fully saturated rings. The SMILES string of the molecule is CSCc1nnc(SCC(=O)N2CCN(C(=O)Nc3ccccc3)CC2)o1. The van der Waals surface area contributed by atoms with Crippen LogP contribution in [0.3, 0.4) is 0 Å². The second-order valence-electron chi connectivity index (χ2n) is 5.85. The zero-order valence-corrected chi connectivity index (χ0v) is 16.6. The van der Waals surface area contributed by atoms with Gasteiger partial charge in [-0.3, -0.25) is 4.79 Å². The average molecular weight is 408 g/mol. The van der Waals surface area contributed by atoms with E-state index in [1.54, 1.807) is 21.6 Å². The Balaban J connectivity index is 1.41. The van der Waals surface area contributed by atoms with Crippen molar-refractivity contribution in [2.45, 2.75) is 11.0 Å². The van der Waals surface area contributed by atoms with Gasteiger partial charge in [0.25, 0.3) is 5.22 Å². The highest BCUT2D eigenvalue weighted by Gasteiger charge is 2.24. The summed E-state index contributed by atoms with van der Waals surface area (Å²) >= 11 is 2.84. The molecule has 2 aromatic rings. The average Bonchev–Trinajstić information content (AvgIpc) is 3.15. The van der Waals surface area contributed by atoms with Crippen LogP contribution in [0.2, 0.25) is 0 Å². The highest BCUT2D eigenvalue weighted by molar-refractivity contribution is 7.99. The summed E-state index contributed by atoms with van der Waals surface area (Å²) in [6.07, 6.45) is 1.96. The molecular formula is C17H21N5O3S2. The van der Waals surface area contributed by atoms with Crippen LogP contribution in [-0.4, -0.2) is 70.1 Å². The predicted octanol–water partition coefficient (Wildman–Crippen LogP) is 2.40. The van der Waals surface area contributed by atoms with E-state index in [2.05, 4.69) is 15.5 Å². The van der Waals surface area contributed by atoms with Crippen LogP contribution in [0.15, 0.2) is 40.0 Å². The maximum Gasteiger partial charge on any atom is 0.321 e. The number of urea groups is 1. The molecule has 2 heterocycles. The quantitative estimate of drug-likeness (QED) is 0.735. The number of carbonyl (C=O) groups is 2. The van der Waals surface area contributed by atoms with E-state index in [9.17, 15) is 9.59 Å². The number of nitrogens with zero attached hydrogens (tertiary/aromatic N) is 4. The first-order chi connectivity index (χ1) is 13.2. The van der Waals surface area contributed by atoms with E-state index >= 15 is 0 Å². The van der Waals surface area contributed by atoms with E-state index in [-0.39, 0.29) is 17.7 Å². The first kappa shape index (κ1) is 19.6. The molecule has 0 spiro atoms. The highest BCUT2D eigenvalue weighted by Crippen LogP contribution is 2.19. The largest absolute Gasteiger partial charge is 0.415 e. The summed E-state index contributed by atoms with van der Waals surface area (Å²) in [6, 6.07) is 9.19. The molecule has 8 nitrogen and oxygen atoms in total. The molecule has 27 heavy (non-hydrogen) atoms. The number of para-hydroxylation sites is 1. The molecule has 1 aromatic heterocycles. The molecule has 0 bridgehead atoms. The summed E-state index contributed by atoms with van der Waals surface area (Å²) < 4.78 is 5.45. The van der Waals surface area contributed by atoms with Gasteiger partial charge in [-0.15, -0.1) is 10.2 Å². The van der Waals surface area contributed by atoms with Crippen LogP contribution in [0.1, 0.15) is 5.89 Å². The van der Waals surface area contributed by atoms with E-state index in [0.717, 1.165) is 5.69 Å². The third-order valence-electron chi connectivity index (χ3n) is 3.98. The Morgan fingerprint density at radius 3 is 2.52 bits per heavy atom. The van der Waals surface area contributed by atoms with Crippen molar-refractivity contribution in [2.75, 3.05) is 43.5 Å². The van der Waals surface area contributed by atoms with Crippen LogP contribution in [0.25, 0.3) is 0 Å².